The maximum atomic E-state index is 12.5. The Morgan fingerprint density at radius 1 is 1.03 bits per heavy atom. The van der Waals surface area contributed by atoms with Gasteiger partial charge in [0.2, 0.25) is 5.01 Å². The van der Waals surface area contributed by atoms with Crippen molar-refractivity contribution in [2.75, 3.05) is 36.4 Å². The number of aromatic hydroxyl groups is 1. The summed E-state index contributed by atoms with van der Waals surface area (Å²) in [5, 5.41) is 21.8. The number of nitrogens with one attached hydrogen (secondary N) is 1. The van der Waals surface area contributed by atoms with Gasteiger partial charge in [0.15, 0.2) is 0 Å². The molecule has 0 saturated carbocycles. The summed E-state index contributed by atoms with van der Waals surface area (Å²) in [7, 11) is 0. The summed E-state index contributed by atoms with van der Waals surface area (Å²) in [6.07, 6.45) is 0.969. The molecule has 1 fully saturated rings. The minimum atomic E-state index is -0.222. The van der Waals surface area contributed by atoms with Gasteiger partial charge in [-0.1, -0.05) is 30.4 Å². The van der Waals surface area contributed by atoms with Crippen LogP contribution in [0.1, 0.15) is 27.3 Å². The molecule has 3 aromatic rings. The van der Waals surface area contributed by atoms with Crippen molar-refractivity contribution >= 4 is 28.6 Å². The van der Waals surface area contributed by atoms with Crippen LogP contribution in [0.3, 0.4) is 0 Å². The molecule has 1 aromatic heterocycles. The molecular formula is C22H25N5O2S. The SMILES string of the molecule is CCc1ccc(NC(=O)c2nnc(CN3CCN(c4ccc(O)cc4)CC3)s2)cc1. The van der Waals surface area contributed by atoms with Gasteiger partial charge in [-0.15, -0.1) is 10.2 Å². The van der Waals surface area contributed by atoms with E-state index in [-0.39, 0.29) is 11.7 Å². The number of anilines is 2. The van der Waals surface area contributed by atoms with Crippen molar-refractivity contribution < 1.29 is 9.90 Å². The Labute approximate surface area is 180 Å². The van der Waals surface area contributed by atoms with Crippen LogP contribution in [0.2, 0.25) is 0 Å². The normalized spacial score (nSPS) is 14.6. The highest BCUT2D eigenvalue weighted by atomic mass is 32.1. The van der Waals surface area contributed by atoms with E-state index in [2.05, 4.69) is 32.2 Å². The van der Waals surface area contributed by atoms with Gasteiger partial charge >= 0.3 is 0 Å². The third kappa shape index (κ3) is 4.95. The van der Waals surface area contributed by atoms with Crippen molar-refractivity contribution in [2.24, 2.45) is 0 Å². The van der Waals surface area contributed by atoms with Crippen LogP contribution >= 0.6 is 11.3 Å². The van der Waals surface area contributed by atoms with Gasteiger partial charge in [-0.05, 0) is 48.4 Å². The molecule has 0 radical (unpaired) electrons. The molecule has 1 aliphatic rings. The second kappa shape index (κ2) is 9.23. The Balaban J connectivity index is 1.29. The lowest BCUT2D eigenvalue weighted by Gasteiger charge is -2.35. The second-order valence-electron chi connectivity index (χ2n) is 7.29. The number of nitrogens with zero attached hydrogens (tertiary/aromatic N) is 4. The minimum absolute atomic E-state index is 0.222. The number of hydrogen-bond acceptors (Lipinski definition) is 7. The van der Waals surface area contributed by atoms with Crippen LogP contribution < -0.4 is 10.2 Å². The fourth-order valence-corrected chi connectivity index (χ4v) is 4.21. The summed E-state index contributed by atoms with van der Waals surface area (Å²) in [5.74, 6) is 0.0617. The zero-order chi connectivity index (χ0) is 20.9. The maximum Gasteiger partial charge on any atom is 0.286 e. The number of rotatable bonds is 6. The van der Waals surface area contributed by atoms with Gasteiger partial charge < -0.3 is 15.3 Å². The Bertz CT molecular complexity index is 980. The van der Waals surface area contributed by atoms with E-state index in [9.17, 15) is 9.90 Å². The minimum Gasteiger partial charge on any atom is -0.508 e. The Hall–Kier alpha value is -2.97. The van der Waals surface area contributed by atoms with Crippen LogP contribution in [-0.2, 0) is 13.0 Å². The monoisotopic (exact) mass is 423 g/mol. The second-order valence-corrected chi connectivity index (χ2v) is 8.35. The first-order chi connectivity index (χ1) is 14.6. The molecule has 2 heterocycles. The fraction of sp³-hybridized carbons (Fsp3) is 0.318. The number of piperazine rings is 1. The van der Waals surface area contributed by atoms with Gasteiger partial charge in [0.1, 0.15) is 10.8 Å². The lowest BCUT2D eigenvalue weighted by atomic mass is 10.1. The summed E-state index contributed by atoms with van der Waals surface area (Å²) in [5.41, 5.74) is 3.12. The lowest BCUT2D eigenvalue weighted by Crippen LogP contribution is -2.45. The number of aromatic nitrogens is 2. The van der Waals surface area contributed by atoms with E-state index in [1.165, 1.54) is 16.9 Å². The van der Waals surface area contributed by atoms with E-state index in [0.717, 1.165) is 49.0 Å². The first-order valence-corrected chi connectivity index (χ1v) is 10.9. The molecular weight excluding hydrogens is 398 g/mol. The molecule has 156 valence electrons. The van der Waals surface area contributed by atoms with Crippen LogP contribution in [0.5, 0.6) is 5.75 Å². The van der Waals surface area contributed by atoms with Crippen LogP contribution in [0.15, 0.2) is 48.5 Å². The molecule has 2 N–H and O–H groups in total. The molecule has 0 atom stereocenters. The Morgan fingerprint density at radius 2 is 1.73 bits per heavy atom. The predicted octanol–water partition coefficient (Wildman–Crippen LogP) is 3.38. The molecule has 2 aromatic carbocycles. The quantitative estimate of drug-likeness (QED) is 0.633. The number of hydrogen-bond donors (Lipinski definition) is 2. The number of phenols is 1. The van der Waals surface area contributed by atoms with E-state index < -0.39 is 0 Å². The topological polar surface area (TPSA) is 81.6 Å². The molecule has 1 saturated heterocycles. The van der Waals surface area contributed by atoms with Crippen molar-refractivity contribution in [1.29, 1.82) is 0 Å². The largest absolute Gasteiger partial charge is 0.508 e. The van der Waals surface area contributed by atoms with Gasteiger partial charge in [0, 0.05) is 37.6 Å². The van der Waals surface area contributed by atoms with E-state index in [4.69, 9.17) is 0 Å². The van der Waals surface area contributed by atoms with Gasteiger partial charge in [-0.25, -0.2) is 0 Å². The van der Waals surface area contributed by atoms with Crippen molar-refractivity contribution in [1.82, 2.24) is 15.1 Å². The molecule has 8 heteroatoms. The third-order valence-corrected chi connectivity index (χ3v) is 6.13. The van der Waals surface area contributed by atoms with E-state index >= 15 is 0 Å². The molecule has 7 nitrogen and oxygen atoms in total. The number of carbonyl (C=O) groups is 1. The van der Waals surface area contributed by atoms with Crippen LogP contribution in [0, 0.1) is 0 Å². The molecule has 0 spiro atoms. The van der Waals surface area contributed by atoms with Crippen LogP contribution in [-0.4, -0.2) is 52.3 Å². The van der Waals surface area contributed by atoms with Crippen LogP contribution in [0.4, 0.5) is 11.4 Å². The molecule has 30 heavy (non-hydrogen) atoms. The molecule has 0 unspecified atom stereocenters. The van der Waals surface area contributed by atoms with Gasteiger partial charge in [-0.2, -0.15) is 0 Å². The highest BCUT2D eigenvalue weighted by Crippen LogP contribution is 2.21. The molecule has 0 bridgehead atoms. The third-order valence-electron chi connectivity index (χ3n) is 5.23. The van der Waals surface area contributed by atoms with Gasteiger partial charge in [0.05, 0.1) is 6.54 Å². The van der Waals surface area contributed by atoms with Crippen LogP contribution in [0.25, 0.3) is 0 Å². The van der Waals surface area contributed by atoms with Crippen molar-refractivity contribution in [3.63, 3.8) is 0 Å². The number of carbonyl (C=O) groups excluding carboxylic acids is 1. The average molecular weight is 424 g/mol. The highest BCUT2D eigenvalue weighted by Gasteiger charge is 2.20. The van der Waals surface area contributed by atoms with E-state index in [1.807, 2.05) is 36.4 Å². The highest BCUT2D eigenvalue weighted by molar-refractivity contribution is 7.13. The van der Waals surface area contributed by atoms with E-state index in [0.29, 0.717) is 11.6 Å². The Morgan fingerprint density at radius 3 is 2.40 bits per heavy atom. The van der Waals surface area contributed by atoms with Crippen molar-refractivity contribution in [3.8, 4) is 5.75 Å². The number of phenolic OH excluding ortho intramolecular Hbond substituents is 1. The Kier molecular flexibility index (Phi) is 6.25. The molecule has 0 aliphatic carbocycles. The van der Waals surface area contributed by atoms with Crippen molar-refractivity contribution in [3.05, 3.63) is 64.1 Å². The summed E-state index contributed by atoms with van der Waals surface area (Å²) >= 11 is 1.34. The zero-order valence-electron chi connectivity index (χ0n) is 16.9. The first kappa shape index (κ1) is 20.3. The smallest absolute Gasteiger partial charge is 0.286 e. The molecule has 1 amide bonds. The standard InChI is InChI=1S/C22H25N5O2S/c1-2-16-3-5-17(6-4-16)23-21(29)22-25-24-20(30-22)15-26-11-13-27(14-12-26)18-7-9-19(28)10-8-18/h3-10,28H,2,11-15H2,1H3,(H,23,29). The maximum absolute atomic E-state index is 12.5. The van der Waals surface area contributed by atoms with Gasteiger partial charge in [-0.3, -0.25) is 9.69 Å². The summed E-state index contributed by atoms with van der Waals surface area (Å²) in [6.45, 7) is 6.43. The molecule has 1 aliphatic heterocycles. The number of benzene rings is 2. The number of amides is 1. The predicted molar refractivity (Wildman–Crippen MR) is 119 cm³/mol. The summed E-state index contributed by atoms with van der Waals surface area (Å²) < 4.78 is 0. The average Bonchev–Trinajstić information content (AvgIpc) is 3.24. The van der Waals surface area contributed by atoms with E-state index in [1.54, 1.807) is 12.1 Å². The summed E-state index contributed by atoms with van der Waals surface area (Å²) in [4.78, 5) is 17.1. The van der Waals surface area contributed by atoms with Crippen molar-refractivity contribution in [2.45, 2.75) is 19.9 Å². The lowest BCUT2D eigenvalue weighted by molar-refractivity contribution is 0.102. The zero-order valence-corrected chi connectivity index (χ0v) is 17.7. The first-order valence-electron chi connectivity index (χ1n) is 10.1. The fourth-order valence-electron chi connectivity index (χ4n) is 3.44. The summed E-state index contributed by atoms with van der Waals surface area (Å²) in [6, 6.07) is 15.2. The van der Waals surface area contributed by atoms with Gasteiger partial charge in [0.25, 0.3) is 5.91 Å². The molecule has 4 rings (SSSR count). The number of aryl methyl sites for hydroxylation is 1.